The first kappa shape index (κ1) is 15.4. The smallest absolute Gasteiger partial charge is 0.0328 e. The molecule has 1 aliphatic rings. The molecule has 0 spiro atoms. The molecule has 0 aromatic carbocycles. The number of rotatable bonds is 2. The Morgan fingerprint density at radius 2 is 2.29 bits per heavy atom. The number of thiophene rings is 1. The van der Waals surface area contributed by atoms with Gasteiger partial charge in [-0.2, -0.15) is 0 Å². The maximum absolute atomic E-state index is 6.14. The fourth-order valence-electron chi connectivity index (χ4n) is 2.28. The number of nitrogens with two attached hydrogens (primary N) is 1. The van der Waals surface area contributed by atoms with Crippen LogP contribution in [-0.4, -0.2) is 24.0 Å². The molecule has 2 nitrogen and oxygen atoms in total. The Kier molecular flexibility index (Phi) is 5.47. The normalized spacial score (nSPS) is 24.4. The summed E-state index contributed by atoms with van der Waals surface area (Å²) in [4.78, 5) is 3.94. The van der Waals surface area contributed by atoms with Crippen LogP contribution in [-0.2, 0) is 6.54 Å². The van der Waals surface area contributed by atoms with Gasteiger partial charge in [-0.05, 0) is 33.8 Å². The number of nitrogens with zero attached hydrogens (tertiary/aromatic N) is 1. The summed E-state index contributed by atoms with van der Waals surface area (Å²) < 4.78 is 1.19. The van der Waals surface area contributed by atoms with Gasteiger partial charge in [-0.3, -0.25) is 4.90 Å². The van der Waals surface area contributed by atoms with Gasteiger partial charge in [-0.25, -0.2) is 0 Å². The number of likely N-dealkylation sites (tertiary alicyclic amines) is 1. The molecule has 2 heterocycles. The van der Waals surface area contributed by atoms with E-state index in [-0.39, 0.29) is 17.8 Å². The third-order valence-electron chi connectivity index (χ3n) is 3.39. The van der Waals surface area contributed by atoms with Crippen LogP contribution in [0.25, 0.3) is 0 Å². The highest BCUT2D eigenvalue weighted by Crippen LogP contribution is 2.29. The van der Waals surface area contributed by atoms with Gasteiger partial charge in [0.15, 0.2) is 0 Å². The molecule has 0 bridgehead atoms. The van der Waals surface area contributed by atoms with E-state index in [9.17, 15) is 0 Å². The Labute approximate surface area is 122 Å². The Balaban J connectivity index is 0.00000144. The third-order valence-corrected chi connectivity index (χ3v) is 5.07. The van der Waals surface area contributed by atoms with Gasteiger partial charge in [0, 0.05) is 40.4 Å². The highest BCUT2D eigenvalue weighted by atomic mass is 79.9. The Bertz CT molecular complexity index is 367. The second-order valence-electron chi connectivity index (χ2n) is 5.33. The van der Waals surface area contributed by atoms with Crippen molar-refractivity contribution < 1.29 is 0 Å². The van der Waals surface area contributed by atoms with Gasteiger partial charge in [0.05, 0.1) is 0 Å². The van der Waals surface area contributed by atoms with Gasteiger partial charge >= 0.3 is 0 Å². The third kappa shape index (κ3) is 3.93. The molecule has 2 rings (SSSR count). The van der Waals surface area contributed by atoms with E-state index in [1.165, 1.54) is 9.35 Å². The second-order valence-corrected chi connectivity index (χ2v) is 7.24. The molecule has 5 heteroatoms. The summed E-state index contributed by atoms with van der Waals surface area (Å²) in [5.41, 5.74) is 6.38. The van der Waals surface area contributed by atoms with Crippen molar-refractivity contribution in [3.8, 4) is 0 Å². The molecular weight excluding hydrogens is 320 g/mol. The molecule has 0 radical (unpaired) electrons. The lowest BCUT2D eigenvalue weighted by Crippen LogP contribution is -2.51. The summed E-state index contributed by atoms with van der Waals surface area (Å²) in [5.74, 6) is 0. The molecule has 1 aliphatic heterocycles. The maximum Gasteiger partial charge on any atom is 0.0328 e. The zero-order valence-electron chi connectivity index (χ0n) is 10.3. The van der Waals surface area contributed by atoms with Crippen molar-refractivity contribution >= 4 is 39.7 Å². The molecule has 1 aromatic heterocycles. The fraction of sp³-hybridized carbons (Fsp3) is 0.667. The van der Waals surface area contributed by atoms with Crippen LogP contribution in [0.1, 0.15) is 25.1 Å². The van der Waals surface area contributed by atoms with Gasteiger partial charge in [0.25, 0.3) is 0 Å². The first-order valence-corrected chi connectivity index (χ1v) is 7.35. The summed E-state index contributed by atoms with van der Waals surface area (Å²) in [7, 11) is 0. The van der Waals surface area contributed by atoms with Crippen LogP contribution in [0.2, 0.25) is 0 Å². The van der Waals surface area contributed by atoms with E-state index in [0.717, 1.165) is 26.1 Å². The summed E-state index contributed by atoms with van der Waals surface area (Å²) in [6, 6.07) is 2.56. The summed E-state index contributed by atoms with van der Waals surface area (Å²) in [6.45, 7) is 7.83. The highest BCUT2D eigenvalue weighted by molar-refractivity contribution is 9.10. The minimum Gasteiger partial charge on any atom is -0.327 e. The molecule has 1 atom stereocenters. The van der Waals surface area contributed by atoms with Gasteiger partial charge in [0.2, 0.25) is 0 Å². The molecule has 1 aromatic rings. The van der Waals surface area contributed by atoms with E-state index in [4.69, 9.17) is 5.73 Å². The molecule has 2 N–H and O–H groups in total. The first-order valence-electron chi connectivity index (χ1n) is 5.68. The van der Waals surface area contributed by atoms with Crippen LogP contribution in [0.5, 0.6) is 0 Å². The lowest BCUT2D eigenvalue weighted by molar-refractivity contribution is 0.0907. The van der Waals surface area contributed by atoms with Crippen molar-refractivity contribution in [2.75, 3.05) is 13.1 Å². The molecule has 17 heavy (non-hydrogen) atoms. The van der Waals surface area contributed by atoms with E-state index in [2.05, 4.69) is 46.1 Å². The lowest BCUT2D eigenvalue weighted by atomic mass is 9.80. The SMILES string of the molecule is CC1(C)CN(Cc2cc(Br)cs2)CCC1N.Cl. The molecule has 0 amide bonds. The Morgan fingerprint density at radius 3 is 2.82 bits per heavy atom. The second kappa shape index (κ2) is 6.02. The van der Waals surface area contributed by atoms with Crippen LogP contribution in [0.4, 0.5) is 0 Å². The fourth-order valence-corrected chi connectivity index (χ4v) is 3.77. The van der Waals surface area contributed by atoms with E-state index >= 15 is 0 Å². The topological polar surface area (TPSA) is 29.3 Å². The quantitative estimate of drug-likeness (QED) is 0.893. The molecule has 1 fully saturated rings. The zero-order valence-corrected chi connectivity index (χ0v) is 13.5. The summed E-state index contributed by atoms with van der Waals surface area (Å²) in [5, 5.41) is 2.15. The predicted molar refractivity (Wildman–Crippen MR) is 80.9 cm³/mol. The molecule has 1 saturated heterocycles. The van der Waals surface area contributed by atoms with Crippen LogP contribution in [0.3, 0.4) is 0 Å². The lowest BCUT2D eigenvalue weighted by Gasteiger charge is -2.42. The van der Waals surface area contributed by atoms with Crippen molar-refractivity contribution in [3.63, 3.8) is 0 Å². The summed E-state index contributed by atoms with van der Waals surface area (Å²) >= 11 is 5.33. The van der Waals surface area contributed by atoms with Crippen molar-refractivity contribution in [1.29, 1.82) is 0 Å². The Morgan fingerprint density at radius 1 is 1.59 bits per heavy atom. The molecule has 98 valence electrons. The molecule has 0 aliphatic carbocycles. The van der Waals surface area contributed by atoms with E-state index < -0.39 is 0 Å². The van der Waals surface area contributed by atoms with E-state index in [1.54, 1.807) is 0 Å². The minimum absolute atomic E-state index is 0. The van der Waals surface area contributed by atoms with Crippen LogP contribution in [0, 0.1) is 5.41 Å². The van der Waals surface area contributed by atoms with Crippen molar-refractivity contribution in [2.24, 2.45) is 11.1 Å². The van der Waals surface area contributed by atoms with Gasteiger partial charge < -0.3 is 5.73 Å². The number of halogens is 2. The monoisotopic (exact) mass is 338 g/mol. The van der Waals surface area contributed by atoms with Crippen LogP contribution >= 0.6 is 39.7 Å². The standard InChI is InChI=1S/C12H19BrN2S.ClH/c1-12(2)8-15(4-3-11(12)14)6-10-5-9(13)7-16-10;/h5,7,11H,3-4,6,8,14H2,1-2H3;1H. The molecule has 0 saturated carbocycles. The van der Waals surface area contributed by atoms with E-state index in [0.29, 0.717) is 6.04 Å². The number of hydrogen-bond donors (Lipinski definition) is 1. The van der Waals surface area contributed by atoms with Crippen molar-refractivity contribution in [2.45, 2.75) is 32.9 Å². The van der Waals surface area contributed by atoms with Crippen molar-refractivity contribution in [1.82, 2.24) is 4.90 Å². The average molecular weight is 340 g/mol. The summed E-state index contributed by atoms with van der Waals surface area (Å²) in [6.07, 6.45) is 1.11. The minimum atomic E-state index is 0. The number of hydrogen-bond acceptors (Lipinski definition) is 3. The van der Waals surface area contributed by atoms with Gasteiger partial charge in [0.1, 0.15) is 0 Å². The maximum atomic E-state index is 6.14. The largest absolute Gasteiger partial charge is 0.327 e. The average Bonchev–Trinajstić information content (AvgIpc) is 2.57. The van der Waals surface area contributed by atoms with Gasteiger partial charge in [-0.15, -0.1) is 23.7 Å². The van der Waals surface area contributed by atoms with Crippen LogP contribution in [0.15, 0.2) is 15.9 Å². The van der Waals surface area contributed by atoms with Gasteiger partial charge in [-0.1, -0.05) is 13.8 Å². The van der Waals surface area contributed by atoms with Crippen LogP contribution < -0.4 is 5.73 Å². The molecule has 1 unspecified atom stereocenters. The Hall–Kier alpha value is 0.390. The van der Waals surface area contributed by atoms with E-state index in [1.807, 2.05) is 11.3 Å². The zero-order chi connectivity index (χ0) is 11.8. The highest BCUT2D eigenvalue weighted by Gasteiger charge is 2.33. The predicted octanol–water partition coefficient (Wildman–Crippen LogP) is 3.49. The molecular formula is C12H20BrClN2S. The number of piperidine rings is 1. The first-order chi connectivity index (χ1) is 7.47. The van der Waals surface area contributed by atoms with Crippen molar-refractivity contribution in [3.05, 3.63) is 20.8 Å².